The largest absolute Gasteiger partial charge is 0.496 e. The van der Waals surface area contributed by atoms with Crippen molar-refractivity contribution in [3.8, 4) is 5.75 Å². The topological polar surface area (TPSA) is 9.23 Å². The lowest BCUT2D eigenvalue weighted by molar-refractivity contribution is 0.412. The van der Waals surface area contributed by atoms with Crippen LogP contribution in [0, 0.1) is 5.92 Å². The molecule has 0 heterocycles. The molecule has 0 spiro atoms. The highest BCUT2D eigenvalue weighted by Gasteiger charge is 2.16. The minimum atomic E-state index is 0.365. The van der Waals surface area contributed by atoms with Crippen LogP contribution in [0.1, 0.15) is 22.9 Å². The van der Waals surface area contributed by atoms with Crippen LogP contribution in [0.2, 0.25) is 0 Å². The fraction of sp³-hybridized carbons (Fsp3) is 0.294. The summed E-state index contributed by atoms with van der Waals surface area (Å²) in [6.45, 7) is 2.27. The second kappa shape index (κ2) is 7.28. The van der Waals surface area contributed by atoms with Crippen LogP contribution in [0.3, 0.4) is 0 Å². The van der Waals surface area contributed by atoms with Crippen LogP contribution in [0.4, 0.5) is 0 Å². The van der Waals surface area contributed by atoms with E-state index in [1.807, 2.05) is 6.07 Å². The average molecular weight is 398 g/mol. The molecule has 0 bridgehead atoms. The van der Waals surface area contributed by atoms with E-state index in [0.717, 1.165) is 16.6 Å². The van der Waals surface area contributed by atoms with Gasteiger partial charge in [-0.05, 0) is 51.5 Å². The Hall–Kier alpha value is -0.800. The smallest absolute Gasteiger partial charge is 0.133 e. The molecule has 0 fully saturated rings. The molecule has 2 atom stereocenters. The van der Waals surface area contributed by atoms with Crippen molar-refractivity contribution in [2.24, 2.45) is 5.92 Å². The van der Waals surface area contributed by atoms with Gasteiger partial charge in [-0.2, -0.15) is 0 Å². The summed E-state index contributed by atoms with van der Waals surface area (Å²) in [5.41, 5.74) is 2.64. The zero-order valence-corrected chi connectivity index (χ0v) is 14.8. The number of ether oxygens (including phenoxy) is 1. The second-order valence-electron chi connectivity index (χ2n) is 4.96. The molecule has 2 unspecified atom stereocenters. The second-order valence-corrected chi connectivity index (χ2v) is 6.80. The normalized spacial score (nSPS) is 13.8. The van der Waals surface area contributed by atoms with Crippen LogP contribution in [0.15, 0.2) is 53.0 Å². The van der Waals surface area contributed by atoms with Gasteiger partial charge in [-0.25, -0.2) is 0 Å². The van der Waals surface area contributed by atoms with Crippen molar-refractivity contribution < 1.29 is 4.74 Å². The van der Waals surface area contributed by atoms with Gasteiger partial charge in [-0.15, -0.1) is 0 Å². The highest BCUT2D eigenvalue weighted by molar-refractivity contribution is 9.10. The first-order chi connectivity index (χ1) is 9.61. The standard InChI is InChI=1S/C17H18Br2O/c1-12(17(19)14-6-4-3-5-7-14)10-13-8-9-16(20-2)15(18)11-13/h3-9,11-12,17H,10H2,1-2H3. The predicted molar refractivity (Wildman–Crippen MR) is 91.7 cm³/mol. The summed E-state index contributed by atoms with van der Waals surface area (Å²) in [6.07, 6.45) is 1.02. The lowest BCUT2D eigenvalue weighted by atomic mass is 9.94. The molecule has 20 heavy (non-hydrogen) atoms. The summed E-state index contributed by atoms with van der Waals surface area (Å²) < 4.78 is 6.28. The van der Waals surface area contributed by atoms with E-state index >= 15 is 0 Å². The molecule has 2 rings (SSSR count). The monoisotopic (exact) mass is 396 g/mol. The van der Waals surface area contributed by atoms with Gasteiger partial charge in [0.25, 0.3) is 0 Å². The molecule has 1 nitrogen and oxygen atoms in total. The van der Waals surface area contributed by atoms with Gasteiger partial charge in [0.15, 0.2) is 0 Å². The molecule has 2 aromatic rings. The average Bonchev–Trinajstić information content (AvgIpc) is 2.47. The third kappa shape index (κ3) is 3.86. The van der Waals surface area contributed by atoms with Gasteiger partial charge in [-0.3, -0.25) is 0 Å². The van der Waals surface area contributed by atoms with Gasteiger partial charge in [0, 0.05) is 4.83 Å². The fourth-order valence-electron chi connectivity index (χ4n) is 2.28. The molecule has 106 valence electrons. The number of benzene rings is 2. The van der Waals surface area contributed by atoms with Crippen molar-refractivity contribution in [3.63, 3.8) is 0 Å². The Bertz CT molecular complexity index is 554. The van der Waals surface area contributed by atoms with Crippen LogP contribution < -0.4 is 4.74 Å². The molecule has 0 aliphatic carbocycles. The maximum Gasteiger partial charge on any atom is 0.133 e. The van der Waals surface area contributed by atoms with Gasteiger partial charge in [-0.1, -0.05) is 59.3 Å². The Kier molecular flexibility index (Phi) is 5.67. The molecule has 0 radical (unpaired) electrons. The lowest BCUT2D eigenvalue weighted by Crippen LogP contribution is -2.07. The third-order valence-electron chi connectivity index (χ3n) is 3.39. The van der Waals surface area contributed by atoms with E-state index in [-0.39, 0.29) is 0 Å². The van der Waals surface area contributed by atoms with Crippen molar-refractivity contribution >= 4 is 31.9 Å². The summed E-state index contributed by atoms with van der Waals surface area (Å²) in [5.74, 6) is 1.39. The zero-order chi connectivity index (χ0) is 14.5. The van der Waals surface area contributed by atoms with Crippen molar-refractivity contribution in [2.45, 2.75) is 18.2 Å². The van der Waals surface area contributed by atoms with Crippen molar-refractivity contribution in [1.82, 2.24) is 0 Å². The quantitative estimate of drug-likeness (QED) is 0.581. The van der Waals surface area contributed by atoms with Gasteiger partial charge in [0.05, 0.1) is 11.6 Å². The Labute approximate surface area is 137 Å². The first-order valence-electron chi connectivity index (χ1n) is 6.63. The number of hydrogen-bond donors (Lipinski definition) is 0. The molecule has 0 aliphatic rings. The fourth-order valence-corrected chi connectivity index (χ4v) is 3.36. The minimum Gasteiger partial charge on any atom is -0.496 e. The maximum absolute atomic E-state index is 5.27. The van der Waals surface area contributed by atoms with Crippen molar-refractivity contribution in [3.05, 3.63) is 64.1 Å². The van der Waals surface area contributed by atoms with E-state index in [9.17, 15) is 0 Å². The molecule has 0 aromatic heterocycles. The van der Waals surface area contributed by atoms with Crippen LogP contribution in [0.5, 0.6) is 5.75 Å². The molecule has 3 heteroatoms. The van der Waals surface area contributed by atoms with Crippen molar-refractivity contribution in [1.29, 1.82) is 0 Å². The Balaban J connectivity index is 2.08. The number of alkyl halides is 1. The van der Waals surface area contributed by atoms with Crippen LogP contribution in [-0.2, 0) is 6.42 Å². The molecule has 0 aliphatic heterocycles. The summed E-state index contributed by atoms with van der Waals surface area (Å²) in [4.78, 5) is 0.365. The zero-order valence-electron chi connectivity index (χ0n) is 11.6. The summed E-state index contributed by atoms with van der Waals surface area (Å²) in [6, 6.07) is 16.8. The maximum atomic E-state index is 5.27. The molecular formula is C17H18Br2O. The predicted octanol–water partition coefficient (Wildman–Crippen LogP) is 5.77. The van der Waals surface area contributed by atoms with Gasteiger partial charge in [0.1, 0.15) is 5.75 Å². The SMILES string of the molecule is COc1ccc(CC(C)C(Br)c2ccccc2)cc1Br. The first-order valence-corrected chi connectivity index (χ1v) is 8.34. The summed E-state index contributed by atoms with van der Waals surface area (Å²) >= 11 is 7.36. The molecular weight excluding hydrogens is 380 g/mol. The summed E-state index contributed by atoms with van der Waals surface area (Å²) in [5, 5.41) is 0. The summed E-state index contributed by atoms with van der Waals surface area (Å²) in [7, 11) is 1.69. The van der Waals surface area contributed by atoms with Crippen LogP contribution in [0.25, 0.3) is 0 Å². The van der Waals surface area contributed by atoms with Gasteiger partial charge in [0.2, 0.25) is 0 Å². The highest BCUT2D eigenvalue weighted by atomic mass is 79.9. The number of rotatable bonds is 5. The van der Waals surface area contributed by atoms with Crippen molar-refractivity contribution in [2.75, 3.05) is 7.11 Å². The molecule has 0 saturated heterocycles. The number of halogens is 2. The van der Waals surface area contributed by atoms with Crippen LogP contribution in [-0.4, -0.2) is 7.11 Å². The third-order valence-corrected chi connectivity index (χ3v) is 5.44. The van der Waals surface area contributed by atoms with E-state index in [4.69, 9.17) is 4.74 Å². The number of hydrogen-bond acceptors (Lipinski definition) is 1. The van der Waals surface area contributed by atoms with Crippen LogP contribution >= 0.6 is 31.9 Å². The molecule has 0 N–H and O–H groups in total. The van der Waals surface area contributed by atoms with E-state index in [1.165, 1.54) is 11.1 Å². The van der Waals surface area contributed by atoms with E-state index in [0.29, 0.717) is 10.7 Å². The van der Waals surface area contributed by atoms with Gasteiger partial charge >= 0.3 is 0 Å². The Morgan fingerprint density at radius 1 is 1.10 bits per heavy atom. The van der Waals surface area contributed by atoms with E-state index in [1.54, 1.807) is 7.11 Å². The lowest BCUT2D eigenvalue weighted by Gasteiger charge is -2.19. The molecule has 0 amide bonds. The first kappa shape index (κ1) is 15.6. The van der Waals surface area contributed by atoms with E-state index < -0.39 is 0 Å². The molecule has 2 aromatic carbocycles. The Morgan fingerprint density at radius 2 is 1.80 bits per heavy atom. The molecule has 0 saturated carbocycles. The minimum absolute atomic E-state index is 0.365. The Morgan fingerprint density at radius 3 is 2.40 bits per heavy atom. The number of methoxy groups -OCH3 is 1. The highest BCUT2D eigenvalue weighted by Crippen LogP contribution is 2.34. The van der Waals surface area contributed by atoms with E-state index in [2.05, 4.69) is 81.2 Å². The van der Waals surface area contributed by atoms with Gasteiger partial charge < -0.3 is 4.74 Å².